The zero-order valence-electron chi connectivity index (χ0n) is 10.4. The molecule has 7 heteroatoms. The molecule has 1 N–H and O–H groups in total. The average Bonchev–Trinajstić information content (AvgIpc) is 2.94. The lowest BCUT2D eigenvalue weighted by Gasteiger charge is -2.05. The number of pyridine rings is 1. The third-order valence-corrected chi connectivity index (χ3v) is 5.17. The molecule has 3 nitrogen and oxygen atoms in total. The van der Waals surface area contributed by atoms with E-state index in [-0.39, 0.29) is 16.1 Å². The molecule has 0 aliphatic heterocycles. The summed E-state index contributed by atoms with van der Waals surface area (Å²) in [5, 5.41) is 5.38. The lowest BCUT2D eigenvalue weighted by Crippen LogP contribution is -2.25. The van der Waals surface area contributed by atoms with Gasteiger partial charge in [0.25, 0.3) is 5.91 Å². The highest BCUT2D eigenvalue weighted by Gasteiger charge is 2.08. The smallest absolute Gasteiger partial charge is 0.252 e. The van der Waals surface area contributed by atoms with Crippen molar-refractivity contribution in [3.63, 3.8) is 0 Å². The van der Waals surface area contributed by atoms with Crippen molar-refractivity contribution >= 4 is 52.2 Å². The lowest BCUT2D eigenvalue weighted by atomic mass is 10.3. The maximum atomic E-state index is 11.8. The minimum Gasteiger partial charge on any atom is -0.351 e. The summed E-state index contributed by atoms with van der Waals surface area (Å²) >= 11 is 15.1. The highest BCUT2D eigenvalue weighted by atomic mass is 35.5. The minimum absolute atomic E-state index is 0.187. The Kier molecular flexibility index (Phi) is 6.16. The Morgan fingerprint density at radius 2 is 2.30 bits per heavy atom. The molecule has 2 aromatic heterocycles. The Morgan fingerprint density at radius 1 is 1.45 bits per heavy atom. The highest BCUT2D eigenvalue weighted by molar-refractivity contribution is 7.98. The van der Waals surface area contributed by atoms with E-state index >= 15 is 0 Å². The maximum absolute atomic E-state index is 11.8. The molecule has 0 radical (unpaired) electrons. The van der Waals surface area contributed by atoms with Gasteiger partial charge in [0.05, 0.1) is 10.6 Å². The van der Waals surface area contributed by atoms with E-state index < -0.39 is 0 Å². The van der Waals surface area contributed by atoms with E-state index in [1.165, 1.54) is 17.1 Å². The fraction of sp³-hybridized carbons (Fsp3) is 0.231. The van der Waals surface area contributed by atoms with E-state index in [9.17, 15) is 4.79 Å². The number of thioether (sulfide) groups is 1. The third kappa shape index (κ3) is 4.66. The molecule has 0 bridgehead atoms. The standard InChI is InChI=1S/C13H12Cl2N2OS2/c14-11-6-9(7-17-12(11)15)13(18)16-3-5-19-8-10-2-1-4-20-10/h1-2,4,6-7H,3,5,8H2,(H,16,18). The van der Waals surface area contributed by atoms with Gasteiger partial charge in [0.2, 0.25) is 0 Å². The molecule has 20 heavy (non-hydrogen) atoms. The topological polar surface area (TPSA) is 42.0 Å². The van der Waals surface area contributed by atoms with Gasteiger partial charge in [0, 0.05) is 29.1 Å². The van der Waals surface area contributed by atoms with Gasteiger partial charge in [0.15, 0.2) is 0 Å². The van der Waals surface area contributed by atoms with Crippen LogP contribution in [-0.4, -0.2) is 23.2 Å². The van der Waals surface area contributed by atoms with Crippen LogP contribution in [0.25, 0.3) is 0 Å². The Bertz CT molecular complexity index is 576. The number of halogens is 2. The summed E-state index contributed by atoms with van der Waals surface area (Å²) in [7, 11) is 0. The number of nitrogens with zero attached hydrogens (tertiary/aromatic N) is 1. The van der Waals surface area contributed by atoms with Crippen LogP contribution in [0.2, 0.25) is 10.2 Å². The third-order valence-electron chi connectivity index (χ3n) is 2.41. The van der Waals surface area contributed by atoms with E-state index in [0.29, 0.717) is 12.1 Å². The van der Waals surface area contributed by atoms with E-state index in [1.54, 1.807) is 23.1 Å². The number of rotatable bonds is 6. The number of aromatic nitrogens is 1. The quantitative estimate of drug-likeness (QED) is 0.632. The Hall–Kier alpha value is -0.750. The number of carbonyl (C=O) groups is 1. The normalized spacial score (nSPS) is 10.5. The molecule has 0 saturated heterocycles. The summed E-state index contributed by atoms with van der Waals surface area (Å²) < 4.78 is 0. The first-order valence-corrected chi connectivity index (χ1v) is 8.65. The number of hydrogen-bond donors (Lipinski definition) is 1. The molecule has 0 unspecified atom stereocenters. The molecule has 2 rings (SSSR count). The molecule has 0 aliphatic rings. The number of amides is 1. The van der Waals surface area contributed by atoms with Gasteiger partial charge < -0.3 is 5.32 Å². The van der Waals surface area contributed by atoms with Crippen LogP contribution in [0, 0.1) is 0 Å². The van der Waals surface area contributed by atoms with Gasteiger partial charge in [-0.05, 0) is 17.5 Å². The van der Waals surface area contributed by atoms with Crippen molar-refractivity contribution < 1.29 is 4.79 Å². The van der Waals surface area contributed by atoms with E-state index in [4.69, 9.17) is 23.2 Å². The predicted octanol–water partition coefficient (Wildman–Crippen LogP) is 4.11. The van der Waals surface area contributed by atoms with Crippen molar-refractivity contribution in [2.24, 2.45) is 0 Å². The second kappa shape index (κ2) is 7.88. The molecule has 2 heterocycles. The van der Waals surface area contributed by atoms with Crippen LogP contribution in [0.4, 0.5) is 0 Å². The monoisotopic (exact) mass is 346 g/mol. The first-order valence-electron chi connectivity index (χ1n) is 5.86. The average molecular weight is 347 g/mol. The SMILES string of the molecule is O=C(NCCSCc1cccs1)c1cnc(Cl)c(Cl)c1. The Morgan fingerprint density at radius 3 is 3.00 bits per heavy atom. The number of carbonyl (C=O) groups excluding carboxylic acids is 1. The van der Waals surface area contributed by atoms with Crippen molar-refractivity contribution in [2.75, 3.05) is 12.3 Å². The minimum atomic E-state index is -0.187. The predicted molar refractivity (Wildman–Crippen MR) is 87.1 cm³/mol. The molecule has 0 fully saturated rings. The zero-order chi connectivity index (χ0) is 14.4. The van der Waals surface area contributed by atoms with Gasteiger partial charge >= 0.3 is 0 Å². The van der Waals surface area contributed by atoms with Crippen molar-refractivity contribution in [2.45, 2.75) is 5.75 Å². The summed E-state index contributed by atoms with van der Waals surface area (Å²) in [5.41, 5.74) is 0.419. The zero-order valence-corrected chi connectivity index (χ0v) is 13.6. The molecular weight excluding hydrogens is 335 g/mol. The summed E-state index contributed by atoms with van der Waals surface area (Å²) in [4.78, 5) is 17.0. The number of thiophene rings is 1. The lowest BCUT2D eigenvalue weighted by molar-refractivity contribution is 0.0956. The molecule has 2 aromatic rings. The van der Waals surface area contributed by atoms with E-state index in [1.807, 2.05) is 6.07 Å². The van der Waals surface area contributed by atoms with Gasteiger partial charge in [0.1, 0.15) is 5.15 Å². The van der Waals surface area contributed by atoms with Gasteiger partial charge in [-0.25, -0.2) is 4.98 Å². The summed E-state index contributed by atoms with van der Waals surface area (Å²) in [6.45, 7) is 0.606. The number of hydrogen-bond acceptors (Lipinski definition) is 4. The van der Waals surface area contributed by atoms with Crippen LogP contribution in [0.1, 0.15) is 15.2 Å². The van der Waals surface area contributed by atoms with Gasteiger partial charge in [-0.3, -0.25) is 4.79 Å². The van der Waals surface area contributed by atoms with Crippen LogP contribution in [0.15, 0.2) is 29.8 Å². The molecule has 0 spiro atoms. The van der Waals surface area contributed by atoms with Gasteiger partial charge in [-0.15, -0.1) is 11.3 Å². The summed E-state index contributed by atoms with van der Waals surface area (Å²) in [5.74, 6) is 1.65. The first-order chi connectivity index (χ1) is 9.66. The van der Waals surface area contributed by atoms with Crippen molar-refractivity contribution in [3.05, 3.63) is 50.4 Å². The Balaban J connectivity index is 1.70. The van der Waals surface area contributed by atoms with Crippen LogP contribution in [0.5, 0.6) is 0 Å². The maximum Gasteiger partial charge on any atom is 0.252 e. The first kappa shape index (κ1) is 15.6. The fourth-order valence-electron chi connectivity index (χ4n) is 1.45. The van der Waals surface area contributed by atoms with Crippen LogP contribution >= 0.6 is 46.3 Å². The molecular formula is C13H12Cl2N2OS2. The molecule has 106 valence electrons. The van der Waals surface area contributed by atoms with Crippen LogP contribution < -0.4 is 5.32 Å². The Labute approximate surface area is 135 Å². The van der Waals surface area contributed by atoms with Gasteiger partial charge in [-0.2, -0.15) is 11.8 Å². The number of nitrogens with one attached hydrogen (secondary N) is 1. The molecule has 0 aromatic carbocycles. The second-order valence-electron chi connectivity index (χ2n) is 3.88. The summed E-state index contributed by atoms with van der Waals surface area (Å²) in [6.07, 6.45) is 1.42. The molecule has 0 saturated carbocycles. The molecule has 1 amide bonds. The van der Waals surface area contributed by atoms with Crippen molar-refractivity contribution in [1.82, 2.24) is 10.3 Å². The van der Waals surface area contributed by atoms with E-state index in [0.717, 1.165) is 11.5 Å². The molecule has 0 atom stereocenters. The van der Waals surface area contributed by atoms with Gasteiger partial charge in [-0.1, -0.05) is 29.3 Å². The van der Waals surface area contributed by atoms with Crippen LogP contribution in [-0.2, 0) is 5.75 Å². The second-order valence-corrected chi connectivity index (χ2v) is 6.79. The highest BCUT2D eigenvalue weighted by Crippen LogP contribution is 2.19. The molecule has 0 aliphatic carbocycles. The summed E-state index contributed by atoms with van der Waals surface area (Å²) in [6, 6.07) is 5.67. The fourth-order valence-corrected chi connectivity index (χ4v) is 3.42. The van der Waals surface area contributed by atoms with Crippen molar-refractivity contribution in [3.8, 4) is 0 Å². The van der Waals surface area contributed by atoms with Crippen LogP contribution in [0.3, 0.4) is 0 Å². The van der Waals surface area contributed by atoms with E-state index in [2.05, 4.69) is 21.7 Å². The van der Waals surface area contributed by atoms with Crippen molar-refractivity contribution in [1.29, 1.82) is 0 Å². The largest absolute Gasteiger partial charge is 0.351 e.